The average molecular weight is 704 g/mol. The SMILES string of the molecule is Cc1cc(-c2ccc(N=Nc3cc(S(=O)(=O)O)c4ccccc4c3N)c(C)c2)ccc1N=Nc1cc(S(=O)(=O)O)c2ccccc2c1N.[Na+]. The first-order valence-electron chi connectivity index (χ1n) is 14.3. The minimum Gasteiger partial charge on any atom is -0.396 e. The molecule has 0 atom stereocenters. The zero-order valence-corrected chi connectivity index (χ0v) is 30.2. The van der Waals surface area contributed by atoms with Crippen LogP contribution in [0.3, 0.4) is 0 Å². The van der Waals surface area contributed by atoms with E-state index in [-0.39, 0.29) is 72.9 Å². The molecular weight excluding hydrogens is 676 g/mol. The summed E-state index contributed by atoms with van der Waals surface area (Å²) in [5, 5.41) is 18.5. The molecule has 0 saturated heterocycles. The maximum absolute atomic E-state index is 12.1. The van der Waals surface area contributed by atoms with Crippen molar-refractivity contribution in [2.45, 2.75) is 23.6 Å². The average Bonchev–Trinajstić information content (AvgIpc) is 3.04. The molecule has 0 aromatic heterocycles. The second-order valence-corrected chi connectivity index (χ2v) is 13.8. The van der Waals surface area contributed by atoms with Crippen LogP contribution in [-0.2, 0) is 20.2 Å². The van der Waals surface area contributed by atoms with E-state index >= 15 is 0 Å². The molecule has 6 aromatic carbocycles. The van der Waals surface area contributed by atoms with E-state index in [0.717, 1.165) is 22.3 Å². The molecule has 0 spiro atoms. The number of fused-ring (bicyclic) bond motifs is 2. The van der Waals surface area contributed by atoms with E-state index in [0.29, 0.717) is 22.1 Å². The summed E-state index contributed by atoms with van der Waals surface area (Å²) in [6.45, 7) is 3.71. The van der Waals surface area contributed by atoms with Gasteiger partial charge in [0.15, 0.2) is 0 Å². The number of nitrogen functional groups attached to an aromatic ring is 2. The van der Waals surface area contributed by atoms with Crippen molar-refractivity contribution in [2.24, 2.45) is 20.5 Å². The molecule has 12 nitrogen and oxygen atoms in total. The van der Waals surface area contributed by atoms with Crippen molar-refractivity contribution in [3.05, 3.63) is 108 Å². The first-order valence-corrected chi connectivity index (χ1v) is 17.2. The number of benzene rings is 6. The number of hydrogen-bond acceptors (Lipinski definition) is 10. The first-order chi connectivity index (χ1) is 22.7. The van der Waals surface area contributed by atoms with Crippen LogP contribution in [0.2, 0.25) is 0 Å². The van der Waals surface area contributed by atoms with Gasteiger partial charge in [-0.3, -0.25) is 9.11 Å². The predicted octanol–water partition coefficient (Wildman–Crippen LogP) is 5.77. The third-order valence-corrected chi connectivity index (χ3v) is 9.65. The molecular formula is C34H28N6NaO6S2+. The van der Waals surface area contributed by atoms with Gasteiger partial charge >= 0.3 is 29.6 Å². The summed E-state index contributed by atoms with van der Waals surface area (Å²) in [5.41, 5.74) is 17.6. The number of nitrogens with two attached hydrogens (primary N) is 2. The Bertz CT molecular complexity index is 2400. The molecule has 6 rings (SSSR count). The molecule has 0 bridgehead atoms. The molecule has 0 unspecified atom stereocenters. The molecule has 0 aliphatic carbocycles. The standard InChI is InChI=1S/C34H28N6O6S2.Na/c1-19-15-21(11-13-27(19)37-39-29-17-31(47(41,42)43)23-7-3-5-9-25(23)33(29)35)22-12-14-28(20(2)16-22)38-40-30-18-32(48(44,45)46)24-8-4-6-10-26(24)34(30)36;/h3-18H,35-36H2,1-2H3,(H,41,42,43)(H,44,45,46);/q;+1. The van der Waals surface area contributed by atoms with Crippen molar-refractivity contribution >= 4 is 75.9 Å². The second kappa shape index (κ2) is 13.8. The molecule has 15 heteroatoms. The molecule has 0 amide bonds. The van der Waals surface area contributed by atoms with E-state index in [1.165, 1.54) is 12.1 Å². The van der Waals surface area contributed by atoms with E-state index in [4.69, 9.17) is 11.5 Å². The fraction of sp³-hybridized carbons (Fsp3) is 0.0588. The van der Waals surface area contributed by atoms with Gasteiger partial charge in [-0.1, -0.05) is 60.7 Å². The number of anilines is 2. The van der Waals surface area contributed by atoms with E-state index in [9.17, 15) is 25.9 Å². The van der Waals surface area contributed by atoms with E-state index in [1.807, 2.05) is 38.1 Å². The molecule has 0 aliphatic rings. The fourth-order valence-electron chi connectivity index (χ4n) is 5.40. The van der Waals surface area contributed by atoms with Gasteiger partial charge in [-0.05, 0) is 72.5 Å². The zero-order chi connectivity index (χ0) is 34.4. The molecule has 6 aromatic rings. The number of hydrogen-bond donors (Lipinski definition) is 4. The zero-order valence-electron chi connectivity index (χ0n) is 26.5. The minimum absolute atomic E-state index is 0. The van der Waals surface area contributed by atoms with Crippen LogP contribution < -0.4 is 41.0 Å². The van der Waals surface area contributed by atoms with Crippen LogP contribution in [0.5, 0.6) is 0 Å². The van der Waals surface area contributed by atoms with Gasteiger partial charge in [0.2, 0.25) is 0 Å². The van der Waals surface area contributed by atoms with Gasteiger partial charge < -0.3 is 11.5 Å². The predicted molar refractivity (Wildman–Crippen MR) is 186 cm³/mol. The smallest absolute Gasteiger partial charge is 0.396 e. The van der Waals surface area contributed by atoms with Crippen molar-refractivity contribution in [1.82, 2.24) is 0 Å². The first kappa shape index (κ1) is 35.8. The maximum atomic E-state index is 12.1. The van der Waals surface area contributed by atoms with Gasteiger partial charge in [-0.25, -0.2) is 0 Å². The van der Waals surface area contributed by atoms with E-state index in [2.05, 4.69) is 20.5 Å². The Morgan fingerprint density at radius 2 is 0.816 bits per heavy atom. The Morgan fingerprint density at radius 3 is 1.14 bits per heavy atom. The van der Waals surface area contributed by atoms with Gasteiger partial charge in [0.05, 0.1) is 22.7 Å². The molecule has 0 aliphatic heterocycles. The molecule has 0 radical (unpaired) electrons. The summed E-state index contributed by atoms with van der Waals surface area (Å²) in [5.74, 6) is 0. The van der Waals surface area contributed by atoms with Crippen molar-refractivity contribution < 1.29 is 55.5 Å². The molecule has 0 fully saturated rings. The van der Waals surface area contributed by atoms with Crippen LogP contribution in [0.1, 0.15) is 11.1 Å². The quantitative estimate of drug-likeness (QED) is 0.0692. The van der Waals surface area contributed by atoms with Crippen LogP contribution in [-0.4, -0.2) is 25.9 Å². The number of rotatable bonds is 7. The van der Waals surface area contributed by atoms with Crippen molar-refractivity contribution in [3.63, 3.8) is 0 Å². The van der Waals surface area contributed by atoms with Gasteiger partial charge in [0, 0.05) is 21.5 Å². The summed E-state index contributed by atoms with van der Waals surface area (Å²) in [4.78, 5) is -0.620. The second-order valence-electron chi connectivity index (χ2n) is 11.1. The van der Waals surface area contributed by atoms with Crippen LogP contribution in [0.15, 0.2) is 127 Å². The van der Waals surface area contributed by atoms with Gasteiger partial charge in [-0.2, -0.15) is 27.1 Å². The third kappa shape index (κ3) is 7.26. The van der Waals surface area contributed by atoms with Crippen LogP contribution in [0.25, 0.3) is 32.7 Å². The Labute approximate surface area is 304 Å². The monoisotopic (exact) mass is 703 g/mol. The fourth-order valence-corrected chi connectivity index (χ4v) is 6.84. The van der Waals surface area contributed by atoms with Crippen molar-refractivity contribution in [1.29, 1.82) is 0 Å². The maximum Gasteiger partial charge on any atom is 1.00 e. The van der Waals surface area contributed by atoms with Crippen LogP contribution in [0, 0.1) is 13.8 Å². The summed E-state index contributed by atoms with van der Waals surface area (Å²) in [6, 6.07) is 26.6. The van der Waals surface area contributed by atoms with Gasteiger partial charge in [0.1, 0.15) is 21.2 Å². The summed E-state index contributed by atoms with van der Waals surface area (Å²) in [7, 11) is -9.09. The molecule has 242 valence electrons. The summed E-state index contributed by atoms with van der Waals surface area (Å²) < 4.78 is 67.8. The van der Waals surface area contributed by atoms with E-state index < -0.39 is 20.2 Å². The molecule has 49 heavy (non-hydrogen) atoms. The number of nitrogens with zero attached hydrogens (tertiary/aromatic N) is 4. The van der Waals surface area contributed by atoms with Gasteiger partial charge in [-0.15, -0.1) is 10.2 Å². The van der Waals surface area contributed by atoms with Crippen LogP contribution in [0.4, 0.5) is 34.1 Å². The van der Waals surface area contributed by atoms with Crippen molar-refractivity contribution in [3.8, 4) is 11.1 Å². The molecule has 6 N–H and O–H groups in total. The Balaban J connectivity index is 0.00000468. The normalized spacial score (nSPS) is 12.2. The molecule has 0 heterocycles. The topological polar surface area (TPSA) is 210 Å². The Hall–Kier alpha value is -4.54. The van der Waals surface area contributed by atoms with E-state index in [1.54, 1.807) is 60.7 Å². The van der Waals surface area contributed by atoms with Gasteiger partial charge in [0.25, 0.3) is 20.2 Å². The molecule has 0 saturated carbocycles. The largest absolute Gasteiger partial charge is 1.00 e. The number of azo groups is 2. The minimum atomic E-state index is -4.54. The van der Waals surface area contributed by atoms with Crippen molar-refractivity contribution in [2.75, 3.05) is 11.5 Å². The third-order valence-electron chi connectivity index (χ3n) is 7.87. The number of aryl methyl sites for hydroxylation is 2. The Kier molecular flexibility index (Phi) is 10.0. The Morgan fingerprint density at radius 1 is 0.490 bits per heavy atom. The summed E-state index contributed by atoms with van der Waals surface area (Å²) >= 11 is 0. The summed E-state index contributed by atoms with van der Waals surface area (Å²) in [6.07, 6.45) is 0. The van der Waals surface area contributed by atoms with Crippen LogP contribution >= 0.6 is 0 Å².